The molecule has 0 radical (unpaired) electrons. The molecule has 1 aromatic heterocycles. The van der Waals surface area contributed by atoms with Crippen LogP contribution in [-0.4, -0.2) is 30.5 Å². The number of amides is 1. The summed E-state index contributed by atoms with van der Waals surface area (Å²) in [7, 11) is 0. The van der Waals surface area contributed by atoms with Gasteiger partial charge >= 0.3 is 0 Å². The standard InChI is InChI=1S/C17H27N3O/c1-13-7-5-9-15(19-13)20-10-6-8-14(12-20)11-18-16(21)17(2,3)4/h5,7,9,14H,6,8,10-12H2,1-4H3,(H,18,21)/t14-/m1/s1. The zero-order valence-corrected chi connectivity index (χ0v) is 13.6. The number of rotatable bonds is 3. The van der Waals surface area contributed by atoms with Crippen molar-refractivity contribution in [3.8, 4) is 0 Å². The molecule has 4 nitrogen and oxygen atoms in total. The molecule has 1 aliphatic heterocycles. The van der Waals surface area contributed by atoms with Gasteiger partial charge in [0.25, 0.3) is 0 Å². The highest BCUT2D eigenvalue weighted by molar-refractivity contribution is 5.81. The van der Waals surface area contributed by atoms with Gasteiger partial charge in [-0.25, -0.2) is 4.98 Å². The largest absolute Gasteiger partial charge is 0.356 e. The van der Waals surface area contributed by atoms with E-state index < -0.39 is 0 Å². The number of nitrogens with zero attached hydrogens (tertiary/aromatic N) is 2. The Hall–Kier alpha value is -1.58. The quantitative estimate of drug-likeness (QED) is 0.930. The van der Waals surface area contributed by atoms with E-state index in [0.717, 1.165) is 37.6 Å². The molecule has 0 aromatic carbocycles. The summed E-state index contributed by atoms with van der Waals surface area (Å²) in [6.45, 7) is 10.7. The Kier molecular flexibility index (Phi) is 4.86. The van der Waals surface area contributed by atoms with Gasteiger partial charge < -0.3 is 10.2 Å². The van der Waals surface area contributed by atoms with Gasteiger partial charge in [0.15, 0.2) is 0 Å². The van der Waals surface area contributed by atoms with Gasteiger partial charge in [-0.15, -0.1) is 0 Å². The lowest BCUT2D eigenvalue weighted by Crippen LogP contribution is -2.43. The van der Waals surface area contributed by atoms with E-state index in [1.807, 2.05) is 33.8 Å². The molecule has 0 spiro atoms. The molecule has 0 saturated carbocycles. The summed E-state index contributed by atoms with van der Waals surface area (Å²) < 4.78 is 0. The van der Waals surface area contributed by atoms with Crippen LogP contribution in [0.4, 0.5) is 5.82 Å². The number of nitrogens with one attached hydrogen (secondary N) is 1. The van der Waals surface area contributed by atoms with Crippen molar-refractivity contribution in [2.45, 2.75) is 40.5 Å². The molecular formula is C17H27N3O. The topological polar surface area (TPSA) is 45.2 Å². The number of carbonyl (C=O) groups is 1. The highest BCUT2D eigenvalue weighted by atomic mass is 16.2. The van der Waals surface area contributed by atoms with Gasteiger partial charge in [-0.1, -0.05) is 26.8 Å². The van der Waals surface area contributed by atoms with E-state index >= 15 is 0 Å². The number of carbonyl (C=O) groups excluding carboxylic acids is 1. The molecule has 0 bridgehead atoms. The van der Waals surface area contributed by atoms with Crippen molar-refractivity contribution in [2.75, 3.05) is 24.5 Å². The number of pyridine rings is 1. The Bertz CT molecular complexity index is 493. The lowest BCUT2D eigenvalue weighted by atomic mass is 9.94. The van der Waals surface area contributed by atoms with Gasteiger partial charge in [0.05, 0.1) is 0 Å². The third-order valence-electron chi connectivity index (χ3n) is 3.95. The van der Waals surface area contributed by atoms with Gasteiger partial charge in [-0.3, -0.25) is 4.79 Å². The molecule has 0 unspecified atom stereocenters. The van der Waals surface area contributed by atoms with Crippen LogP contribution in [0, 0.1) is 18.3 Å². The Morgan fingerprint density at radius 1 is 1.43 bits per heavy atom. The smallest absolute Gasteiger partial charge is 0.225 e. The maximum absolute atomic E-state index is 12.0. The van der Waals surface area contributed by atoms with Crippen LogP contribution in [0.15, 0.2) is 18.2 Å². The fraction of sp³-hybridized carbons (Fsp3) is 0.647. The summed E-state index contributed by atoms with van der Waals surface area (Å²) in [4.78, 5) is 18.9. The first-order valence-corrected chi connectivity index (χ1v) is 7.83. The van der Waals surface area contributed by atoms with Crippen molar-refractivity contribution in [2.24, 2.45) is 11.3 Å². The molecule has 1 N–H and O–H groups in total. The third kappa shape index (κ3) is 4.45. The third-order valence-corrected chi connectivity index (χ3v) is 3.95. The van der Waals surface area contributed by atoms with E-state index in [0.29, 0.717) is 5.92 Å². The minimum atomic E-state index is -0.313. The van der Waals surface area contributed by atoms with Crippen molar-refractivity contribution < 1.29 is 4.79 Å². The molecule has 0 aliphatic carbocycles. The Morgan fingerprint density at radius 2 is 2.19 bits per heavy atom. The summed E-state index contributed by atoms with van der Waals surface area (Å²) in [5, 5.41) is 3.09. The number of hydrogen-bond donors (Lipinski definition) is 1. The van der Waals surface area contributed by atoms with Crippen LogP contribution in [0.25, 0.3) is 0 Å². The highest BCUT2D eigenvalue weighted by Gasteiger charge is 2.24. The molecule has 1 aliphatic rings. The zero-order valence-electron chi connectivity index (χ0n) is 13.6. The van der Waals surface area contributed by atoms with E-state index in [2.05, 4.69) is 27.3 Å². The highest BCUT2D eigenvalue weighted by Crippen LogP contribution is 2.22. The number of aryl methyl sites for hydroxylation is 1. The molecule has 2 heterocycles. The SMILES string of the molecule is Cc1cccc(N2CCC[C@H](CNC(=O)C(C)(C)C)C2)n1. The fourth-order valence-corrected chi connectivity index (χ4v) is 2.65. The molecule has 1 saturated heterocycles. The van der Waals surface area contributed by atoms with Crippen molar-refractivity contribution >= 4 is 11.7 Å². The van der Waals surface area contributed by atoms with Crippen LogP contribution in [-0.2, 0) is 4.79 Å². The molecule has 2 rings (SSSR count). The van der Waals surface area contributed by atoms with Gasteiger partial charge in [-0.2, -0.15) is 0 Å². The first-order valence-electron chi connectivity index (χ1n) is 7.83. The second-order valence-electron chi connectivity index (χ2n) is 7.05. The van der Waals surface area contributed by atoms with Gasteiger partial charge in [0.1, 0.15) is 5.82 Å². The normalized spacial score (nSPS) is 19.4. The van der Waals surface area contributed by atoms with Crippen LogP contribution in [0.5, 0.6) is 0 Å². The van der Waals surface area contributed by atoms with E-state index in [4.69, 9.17) is 0 Å². The molecule has 21 heavy (non-hydrogen) atoms. The fourth-order valence-electron chi connectivity index (χ4n) is 2.65. The first-order chi connectivity index (χ1) is 9.86. The molecule has 116 valence electrons. The van der Waals surface area contributed by atoms with Crippen molar-refractivity contribution in [1.29, 1.82) is 0 Å². The Balaban J connectivity index is 1.91. The number of aromatic nitrogens is 1. The van der Waals surface area contributed by atoms with Crippen LogP contribution < -0.4 is 10.2 Å². The average Bonchev–Trinajstić information content (AvgIpc) is 2.44. The average molecular weight is 289 g/mol. The van der Waals surface area contributed by atoms with Crippen molar-refractivity contribution in [1.82, 2.24) is 10.3 Å². The summed E-state index contributed by atoms with van der Waals surface area (Å²) in [5.74, 6) is 1.70. The minimum absolute atomic E-state index is 0.133. The predicted molar refractivity (Wildman–Crippen MR) is 86.4 cm³/mol. The zero-order chi connectivity index (χ0) is 15.5. The summed E-state index contributed by atoms with van der Waals surface area (Å²) in [6, 6.07) is 6.15. The maximum atomic E-state index is 12.0. The number of hydrogen-bond acceptors (Lipinski definition) is 3. The molecule has 1 fully saturated rings. The molecule has 1 atom stereocenters. The van der Waals surface area contributed by atoms with Gasteiger partial charge in [-0.05, 0) is 37.8 Å². The van der Waals surface area contributed by atoms with Crippen molar-refractivity contribution in [3.63, 3.8) is 0 Å². The Morgan fingerprint density at radius 3 is 2.86 bits per heavy atom. The summed E-state index contributed by atoms with van der Waals surface area (Å²) in [5.41, 5.74) is 0.738. The lowest BCUT2D eigenvalue weighted by Gasteiger charge is -2.34. The van der Waals surface area contributed by atoms with Crippen LogP contribution >= 0.6 is 0 Å². The van der Waals surface area contributed by atoms with E-state index in [-0.39, 0.29) is 11.3 Å². The second-order valence-corrected chi connectivity index (χ2v) is 7.05. The Labute approximate surface area is 127 Å². The van der Waals surface area contributed by atoms with E-state index in [9.17, 15) is 4.79 Å². The number of piperidine rings is 1. The molecular weight excluding hydrogens is 262 g/mol. The second kappa shape index (κ2) is 6.46. The van der Waals surface area contributed by atoms with Gasteiger partial charge in [0.2, 0.25) is 5.91 Å². The minimum Gasteiger partial charge on any atom is -0.356 e. The number of anilines is 1. The van der Waals surface area contributed by atoms with E-state index in [1.54, 1.807) is 0 Å². The monoisotopic (exact) mass is 289 g/mol. The predicted octanol–water partition coefficient (Wildman–Crippen LogP) is 2.77. The first kappa shape index (κ1) is 15.8. The molecule has 1 aromatic rings. The van der Waals surface area contributed by atoms with Gasteiger partial charge in [0, 0.05) is 30.7 Å². The summed E-state index contributed by atoms with van der Waals surface area (Å²) >= 11 is 0. The summed E-state index contributed by atoms with van der Waals surface area (Å²) in [6.07, 6.45) is 2.33. The molecule has 1 amide bonds. The lowest BCUT2D eigenvalue weighted by molar-refractivity contribution is -0.128. The van der Waals surface area contributed by atoms with Crippen LogP contribution in [0.3, 0.4) is 0 Å². The van der Waals surface area contributed by atoms with Crippen LogP contribution in [0.2, 0.25) is 0 Å². The van der Waals surface area contributed by atoms with Crippen molar-refractivity contribution in [3.05, 3.63) is 23.9 Å². The van der Waals surface area contributed by atoms with E-state index in [1.165, 1.54) is 6.42 Å². The maximum Gasteiger partial charge on any atom is 0.225 e. The molecule has 4 heteroatoms. The van der Waals surface area contributed by atoms with Crippen LogP contribution in [0.1, 0.15) is 39.3 Å².